The maximum atomic E-state index is 13.9. The van der Waals surface area contributed by atoms with Crippen molar-refractivity contribution in [1.82, 2.24) is 9.78 Å². The number of rotatable bonds is 6. The van der Waals surface area contributed by atoms with Gasteiger partial charge >= 0.3 is 0 Å². The van der Waals surface area contributed by atoms with Crippen LogP contribution in [-0.2, 0) is 13.5 Å². The first-order valence-electron chi connectivity index (χ1n) is 9.68. The number of aromatic nitrogens is 2. The average molecular weight is 361 g/mol. The number of halogens is 2. The molecule has 0 unspecified atom stereocenters. The molecule has 0 saturated carbocycles. The fourth-order valence-corrected chi connectivity index (χ4v) is 4.25. The molecule has 0 bridgehead atoms. The lowest BCUT2D eigenvalue weighted by Gasteiger charge is -2.38. The topological polar surface area (TPSA) is 21.1 Å². The van der Waals surface area contributed by atoms with Crippen LogP contribution in [0.5, 0.6) is 0 Å². The molecule has 2 aromatic rings. The van der Waals surface area contributed by atoms with E-state index in [1.165, 1.54) is 5.56 Å². The zero-order chi connectivity index (χ0) is 18.8. The van der Waals surface area contributed by atoms with Crippen LogP contribution in [0.2, 0.25) is 0 Å². The molecule has 0 aliphatic carbocycles. The van der Waals surface area contributed by atoms with Gasteiger partial charge in [-0.3, -0.25) is 4.68 Å². The molecule has 3 nitrogen and oxygen atoms in total. The minimum Gasteiger partial charge on any atom is -0.368 e. The molecular formula is C21H29F2N3. The molecule has 2 heterocycles. The SMILES string of the molecule is CCC[C@H](CC)N1CCCc2cc(-c3cn(C)nc3C)c(C(F)F)cc21. The lowest BCUT2D eigenvalue weighted by molar-refractivity contribution is 0.152. The van der Waals surface area contributed by atoms with Crippen LogP contribution in [0.4, 0.5) is 14.5 Å². The third kappa shape index (κ3) is 3.49. The monoisotopic (exact) mass is 361 g/mol. The summed E-state index contributed by atoms with van der Waals surface area (Å²) in [6.45, 7) is 7.21. The lowest BCUT2D eigenvalue weighted by atomic mass is 9.91. The first-order valence-corrected chi connectivity index (χ1v) is 9.68. The fraction of sp³-hybridized carbons (Fsp3) is 0.571. The molecule has 1 atom stereocenters. The van der Waals surface area contributed by atoms with Gasteiger partial charge in [0.15, 0.2) is 0 Å². The molecule has 142 valence electrons. The average Bonchev–Trinajstić information content (AvgIpc) is 2.96. The number of anilines is 1. The van der Waals surface area contributed by atoms with Gasteiger partial charge < -0.3 is 4.90 Å². The summed E-state index contributed by atoms with van der Waals surface area (Å²) in [5, 5.41) is 4.34. The molecule has 1 aliphatic heterocycles. The van der Waals surface area contributed by atoms with Crippen molar-refractivity contribution < 1.29 is 8.78 Å². The number of nitrogens with zero attached hydrogens (tertiary/aromatic N) is 3. The molecule has 0 amide bonds. The Hall–Kier alpha value is -1.91. The minimum absolute atomic E-state index is 0.123. The summed E-state index contributed by atoms with van der Waals surface area (Å²) in [6, 6.07) is 4.17. The van der Waals surface area contributed by atoms with Gasteiger partial charge in [0.05, 0.1) is 5.69 Å². The number of fused-ring (bicyclic) bond motifs is 1. The van der Waals surface area contributed by atoms with Gasteiger partial charge in [-0.05, 0) is 55.9 Å². The first-order chi connectivity index (χ1) is 12.5. The highest BCUT2D eigenvalue weighted by molar-refractivity contribution is 5.75. The van der Waals surface area contributed by atoms with Gasteiger partial charge in [0.1, 0.15) is 0 Å². The zero-order valence-corrected chi connectivity index (χ0v) is 16.2. The van der Waals surface area contributed by atoms with Crippen molar-refractivity contribution in [3.05, 3.63) is 35.2 Å². The summed E-state index contributed by atoms with van der Waals surface area (Å²) in [4.78, 5) is 2.37. The van der Waals surface area contributed by atoms with Crippen molar-refractivity contribution >= 4 is 5.69 Å². The van der Waals surface area contributed by atoms with Gasteiger partial charge in [0.25, 0.3) is 6.43 Å². The Kier molecular flexibility index (Phi) is 5.64. The van der Waals surface area contributed by atoms with Crippen molar-refractivity contribution in [1.29, 1.82) is 0 Å². The molecule has 0 saturated heterocycles. The maximum Gasteiger partial charge on any atom is 0.264 e. The van der Waals surface area contributed by atoms with Crippen molar-refractivity contribution in [3.8, 4) is 11.1 Å². The van der Waals surface area contributed by atoms with E-state index in [9.17, 15) is 8.78 Å². The Balaban J connectivity index is 2.12. The van der Waals surface area contributed by atoms with Crippen LogP contribution < -0.4 is 4.90 Å². The predicted molar refractivity (Wildman–Crippen MR) is 103 cm³/mol. The fourth-order valence-electron chi connectivity index (χ4n) is 4.25. The Morgan fingerprint density at radius 3 is 2.54 bits per heavy atom. The molecular weight excluding hydrogens is 332 g/mol. The van der Waals surface area contributed by atoms with Crippen LogP contribution >= 0.6 is 0 Å². The molecule has 0 radical (unpaired) electrons. The van der Waals surface area contributed by atoms with Gasteiger partial charge in [-0.1, -0.05) is 20.3 Å². The van der Waals surface area contributed by atoms with E-state index in [0.717, 1.165) is 55.6 Å². The summed E-state index contributed by atoms with van der Waals surface area (Å²) in [7, 11) is 1.83. The zero-order valence-electron chi connectivity index (χ0n) is 16.2. The number of alkyl halides is 2. The van der Waals surface area contributed by atoms with E-state index in [2.05, 4.69) is 23.8 Å². The van der Waals surface area contributed by atoms with Crippen molar-refractivity contribution in [2.75, 3.05) is 11.4 Å². The summed E-state index contributed by atoms with van der Waals surface area (Å²) in [5.74, 6) is 0. The second-order valence-electron chi connectivity index (χ2n) is 7.32. The van der Waals surface area contributed by atoms with Crippen LogP contribution in [0.25, 0.3) is 11.1 Å². The van der Waals surface area contributed by atoms with E-state index in [1.54, 1.807) is 10.7 Å². The first kappa shape index (κ1) is 18.9. The quantitative estimate of drug-likeness (QED) is 0.661. The van der Waals surface area contributed by atoms with Gasteiger partial charge in [0.2, 0.25) is 0 Å². The normalized spacial score (nSPS) is 15.4. The van der Waals surface area contributed by atoms with Crippen LogP contribution in [0.1, 0.15) is 62.8 Å². The van der Waals surface area contributed by atoms with Gasteiger partial charge in [-0.15, -0.1) is 0 Å². The molecule has 26 heavy (non-hydrogen) atoms. The van der Waals surface area contributed by atoms with Gasteiger partial charge in [-0.2, -0.15) is 5.10 Å². The van der Waals surface area contributed by atoms with Crippen molar-refractivity contribution in [2.24, 2.45) is 7.05 Å². The van der Waals surface area contributed by atoms with Gasteiger partial charge in [0, 0.05) is 42.6 Å². The predicted octanol–water partition coefficient (Wildman–Crippen LogP) is 5.66. The number of hydrogen-bond donors (Lipinski definition) is 0. The molecule has 3 rings (SSSR count). The van der Waals surface area contributed by atoms with Crippen molar-refractivity contribution in [3.63, 3.8) is 0 Å². The van der Waals surface area contributed by atoms with Crippen LogP contribution in [0.3, 0.4) is 0 Å². The molecule has 1 aliphatic rings. The third-order valence-electron chi connectivity index (χ3n) is 5.48. The van der Waals surface area contributed by atoms with Crippen LogP contribution in [-0.4, -0.2) is 22.4 Å². The highest BCUT2D eigenvalue weighted by Crippen LogP contribution is 2.40. The van der Waals surface area contributed by atoms with E-state index < -0.39 is 6.43 Å². The largest absolute Gasteiger partial charge is 0.368 e. The Morgan fingerprint density at radius 1 is 1.19 bits per heavy atom. The van der Waals surface area contributed by atoms with E-state index in [1.807, 2.05) is 26.2 Å². The number of hydrogen-bond acceptors (Lipinski definition) is 2. The minimum atomic E-state index is -2.50. The highest BCUT2D eigenvalue weighted by atomic mass is 19.3. The van der Waals surface area contributed by atoms with E-state index in [0.29, 0.717) is 11.6 Å². The molecule has 0 N–H and O–H groups in total. The van der Waals surface area contributed by atoms with Crippen LogP contribution in [0.15, 0.2) is 18.3 Å². The van der Waals surface area contributed by atoms with Crippen molar-refractivity contribution in [2.45, 2.75) is 65.3 Å². The molecule has 1 aromatic heterocycles. The van der Waals surface area contributed by atoms with E-state index in [4.69, 9.17) is 0 Å². The maximum absolute atomic E-state index is 13.9. The summed E-state index contributed by atoms with van der Waals surface area (Å²) >= 11 is 0. The summed E-state index contributed by atoms with van der Waals surface area (Å²) in [5.41, 5.74) is 4.56. The van der Waals surface area contributed by atoms with E-state index >= 15 is 0 Å². The summed E-state index contributed by atoms with van der Waals surface area (Å²) < 4.78 is 29.6. The Bertz CT molecular complexity index is 767. The molecule has 1 aromatic carbocycles. The second kappa shape index (κ2) is 7.77. The Labute approximate surface area is 155 Å². The van der Waals surface area contributed by atoms with E-state index in [-0.39, 0.29) is 5.56 Å². The second-order valence-corrected chi connectivity index (χ2v) is 7.32. The van der Waals surface area contributed by atoms with Crippen LogP contribution in [0, 0.1) is 6.92 Å². The number of benzene rings is 1. The van der Waals surface area contributed by atoms with Gasteiger partial charge in [-0.25, -0.2) is 8.78 Å². The molecule has 5 heteroatoms. The smallest absolute Gasteiger partial charge is 0.264 e. The Morgan fingerprint density at radius 2 is 1.96 bits per heavy atom. The standard InChI is InChI=1S/C21H29F2N3/c1-5-8-16(6-2)26-10-7-9-15-11-17(18(21(22)23)12-20(15)26)19-13-25(4)24-14(19)3/h11-13,16,21H,5-10H2,1-4H3/t16-/m0/s1. The molecule has 0 spiro atoms. The third-order valence-corrected chi connectivity index (χ3v) is 5.48. The lowest BCUT2D eigenvalue weighted by Crippen LogP contribution is -2.38. The highest BCUT2D eigenvalue weighted by Gasteiger charge is 2.27. The molecule has 0 fully saturated rings. The number of aryl methyl sites for hydroxylation is 3. The summed E-state index contributed by atoms with van der Waals surface area (Å²) in [6.07, 6.45) is 4.63.